The number of hydrogen-bond acceptors (Lipinski definition) is 4. The minimum Gasteiger partial charge on any atom is -0.462 e. The Morgan fingerprint density at radius 2 is 2.21 bits per heavy atom. The Bertz CT molecular complexity index is 687. The average Bonchev–Trinajstić information content (AvgIpc) is 2.39. The van der Waals surface area contributed by atoms with Crippen LogP contribution in [0.1, 0.15) is 22.8 Å². The van der Waals surface area contributed by atoms with Crippen molar-refractivity contribution in [1.82, 2.24) is 4.98 Å². The van der Waals surface area contributed by atoms with E-state index in [2.05, 4.69) is 4.98 Å². The predicted octanol–water partition coefficient (Wildman–Crippen LogP) is 1.45. The van der Waals surface area contributed by atoms with Gasteiger partial charge in [-0.2, -0.15) is 0 Å². The van der Waals surface area contributed by atoms with E-state index in [0.717, 1.165) is 11.8 Å². The molecule has 0 aliphatic heterocycles. The van der Waals surface area contributed by atoms with Crippen LogP contribution in [-0.2, 0) is 16.0 Å². The highest BCUT2D eigenvalue weighted by Crippen LogP contribution is 2.11. The van der Waals surface area contributed by atoms with Crippen LogP contribution in [0.15, 0.2) is 29.2 Å². The third kappa shape index (κ3) is 2.54. The molecule has 0 saturated heterocycles. The molecule has 0 unspecified atom stereocenters. The minimum absolute atomic E-state index is 0.0162. The lowest BCUT2D eigenvalue weighted by Crippen LogP contribution is -2.18. The molecule has 0 aliphatic carbocycles. The molecule has 19 heavy (non-hydrogen) atoms. The van der Waals surface area contributed by atoms with Crippen molar-refractivity contribution in [2.45, 2.75) is 13.3 Å². The van der Waals surface area contributed by atoms with Gasteiger partial charge in [0.25, 0.3) is 0 Å². The molecule has 1 heterocycles. The summed E-state index contributed by atoms with van der Waals surface area (Å²) in [6, 6.07) is 5.02. The van der Waals surface area contributed by atoms with Crippen molar-refractivity contribution in [2.24, 2.45) is 0 Å². The summed E-state index contributed by atoms with van der Waals surface area (Å²) in [6.45, 7) is 1.90. The van der Waals surface area contributed by atoms with Crippen LogP contribution in [0.2, 0.25) is 0 Å². The number of fused-ring (bicyclic) bond motifs is 1. The first-order valence-electron chi connectivity index (χ1n) is 5.92. The number of ether oxygens (including phenoxy) is 1. The van der Waals surface area contributed by atoms with Gasteiger partial charge in [0.05, 0.1) is 6.61 Å². The van der Waals surface area contributed by atoms with Crippen molar-refractivity contribution in [3.8, 4) is 0 Å². The van der Waals surface area contributed by atoms with Gasteiger partial charge >= 0.3 is 5.97 Å². The van der Waals surface area contributed by atoms with Gasteiger partial charge in [-0.25, -0.2) is 4.79 Å². The quantitative estimate of drug-likeness (QED) is 0.666. The van der Waals surface area contributed by atoms with Gasteiger partial charge in [-0.05, 0) is 24.6 Å². The Labute approximate surface area is 109 Å². The average molecular weight is 259 g/mol. The molecule has 0 amide bonds. The third-order valence-corrected chi connectivity index (χ3v) is 2.76. The van der Waals surface area contributed by atoms with Crippen molar-refractivity contribution in [2.75, 3.05) is 6.61 Å². The van der Waals surface area contributed by atoms with Crippen LogP contribution >= 0.6 is 0 Å². The van der Waals surface area contributed by atoms with Crippen LogP contribution in [0.4, 0.5) is 0 Å². The highest BCUT2D eigenvalue weighted by molar-refractivity contribution is 5.93. The van der Waals surface area contributed by atoms with E-state index < -0.39 is 5.97 Å². The van der Waals surface area contributed by atoms with Gasteiger partial charge in [-0.1, -0.05) is 6.07 Å². The monoisotopic (exact) mass is 259 g/mol. The molecule has 0 aliphatic rings. The summed E-state index contributed by atoms with van der Waals surface area (Å²) in [4.78, 5) is 37.1. The number of benzene rings is 1. The molecule has 0 fully saturated rings. The van der Waals surface area contributed by atoms with E-state index in [0.29, 0.717) is 10.9 Å². The second-order valence-electron chi connectivity index (χ2n) is 4.00. The number of nitrogens with one attached hydrogen (secondary N) is 1. The number of esters is 1. The van der Waals surface area contributed by atoms with Gasteiger partial charge < -0.3 is 14.5 Å². The first-order chi connectivity index (χ1) is 9.17. The van der Waals surface area contributed by atoms with Crippen LogP contribution in [-0.4, -0.2) is 23.8 Å². The van der Waals surface area contributed by atoms with Crippen LogP contribution < -0.4 is 5.43 Å². The summed E-state index contributed by atoms with van der Waals surface area (Å²) < 4.78 is 4.81. The minimum atomic E-state index is -0.636. The molecule has 0 spiro atoms. The second kappa shape index (κ2) is 5.48. The maximum atomic E-state index is 12.1. The SMILES string of the molecule is CCOC(=O)c1c[nH]c2cc(CC=O)ccc2c1=O. The van der Waals surface area contributed by atoms with Crippen LogP contribution in [0.3, 0.4) is 0 Å². The summed E-state index contributed by atoms with van der Waals surface area (Å²) >= 11 is 0. The number of carbonyl (C=O) groups excluding carboxylic acids is 2. The van der Waals surface area contributed by atoms with Gasteiger partial charge in [-0.15, -0.1) is 0 Å². The van der Waals surface area contributed by atoms with Crippen molar-refractivity contribution in [3.63, 3.8) is 0 Å². The van der Waals surface area contributed by atoms with E-state index in [1.807, 2.05) is 0 Å². The summed E-state index contributed by atoms with van der Waals surface area (Å²) in [5, 5.41) is 0.403. The molecule has 5 heteroatoms. The summed E-state index contributed by atoms with van der Waals surface area (Å²) in [5.41, 5.74) is 1.02. The Morgan fingerprint density at radius 3 is 2.89 bits per heavy atom. The van der Waals surface area contributed by atoms with Gasteiger partial charge in [-0.3, -0.25) is 4.79 Å². The van der Waals surface area contributed by atoms with Crippen LogP contribution in [0.25, 0.3) is 10.9 Å². The lowest BCUT2D eigenvalue weighted by Gasteiger charge is -2.04. The number of hydrogen-bond donors (Lipinski definition) is 1. The number of aromatic nitrogens is 1. The normalized spacial score (nSPS) is 10.4. The predicted molar refractivity (Wildman–Crippen MR) is 70.3 cm³/mol. The molecule has 0 atom stereocenters. The number of aromatic amines is 1. The van der Waals surface area contributed by atoms with Gasteiger partial charge in [0, 0.05) is 23.5 Å². The molecule has 1 aromatic carbocycles. The van der Waals surface area contributed by atoms with E-state index in [4.69, 9.17) is 4.74 Å². The van der Waals surface area contributed by atoms with Gasteiger partial charge in [0.2, 0.25) is 5.43 Å². The molecule has 0 bridgehead atoms. The molecule has 0 radical (unpaired) electrons. The molecule has 1 aromatic heterocycles. The maximum absolute atomic E-state index is 12.1. The van der Waals surface area contributed by atoms with Crippen molar-refractivity contribution in [3.05, 3.63) is 45.7 Å². The van der Waals surface area contributed by atoms with Gasteiger partial charge in [0.15, 0.2) is 0 Å². The molecule has 98 valence electrons. The molecule has 0 saturated carbocycles. The fourth-order valence-electron chi connectivity index (χ4n) is 1.85. The zero-order chi connectivity index (χ0) is 13.8. The lowest BCUT2D eigenvalue weighted by atomic mass is 10.1. The van der Waals surface area contributed by atoms with Crippen molar-refractivity contribution in [1.29, 1.82) is 0 Å². The zero-order valence-corrected chi connectivity index (χ0v) is 10.4. The summed E-state index contributed by atoms with van der Waals surface area (Å²) in [7, 11) is 0. The summed E-state index contributed by atoms with van der Waals surface area (Å²) in [5.74, 6) is -0.636. The zero-order valence-electron chi connectivity index (χ0n) is 10.4. The number of aldehydes is 1. The first kappa shape index (κ1) is 13.0. The molecule has 2 rings (SSSR count). The van der Waals surface area contributed by atoms with Crippen molar-refractivity contribution >= 4 is 23.2 Å². The summed E-state index contributed by atoms with van der Waals surface area (Å²) in [6.07, 6.45) is 2.43. The molecular weight excluding hydrogens is 246 g/mol. The Kier molecular flexibility index (Phi) is 3.75. The van der Waals surface area contributed by atoms with E-state index in [1.54, 1.807) is 25.1 Å². The van der Waals surface area contributed by atoms with E-state index in [1.165, 1.54) is 6.20 Å². The Balaban J connectivity index is 2.54. The lowest BCUT2D eigenvalue weighted by molar-refractivity contribution is -0.107. The first-order valence-corrected chi connectivity index (χ1v) is 5.92. The topological polar surface area (TPSA) is 76.2 Å². The maximum Gasteiger partial charge on any atom is 0.343 e. The van der Waals surface area contributed by atoms with E-state index >= 15 is 0 Å². The molecule has 2 aromatic rings. The third-order valence-electron chi connectivity index (χ3n) is 2.76. The number of H-pyrrole nitrogens is 1. The Morgan fingerprint density at radius 1 is 1.42 bits per heavy atom. The largest absolute Gasteiger partial charge is 0.462 e. The second-order valence-corrected chi connectivity index (χ2v) is 4.00. The number of carbonyl (C=O) groups is 2. The highest BCUT2D eigenvalue weighted by Gasteiger charge is 2.13. The van der Waals surface area contributed by atoms with Gasteiger partial charge in [0.1, 0.15) is 11.8 Å². The fraction of sp³-hybridized carbons (Fsp3) is 0.214. The van der Waals surface area contributed by atoms with Crippen LogP contribution in [0.5, 0.6) is 0 Å². The van der Waals surface area contributed by atoms with Crippen LogP contribution in [0, 0.1) is 0 Å². The van der Waals surface area contributed by atoms with E-state index in [9.17, 15) is 14.4 Å². The highest BCUT2D eigenvalue weighted by atomic mass is 16.5. The number of rotatable bonds is 4. The standard InChI is InChI=1S/C14H13NO4/c1-2-19-14(18)11-8-15-12-7-9(5-6-16)3-4-10(12)13(11)17/h3-4,6-8H,2,5H2,1H3,(H,15,17). The molecular formula is C14H13NO4. The molecule has 5 nitrogen and oxygen atoms in total. The smallest absolute Gasteiger partial charge is 0.343 e. The number of pyridine rings is 1. The fourth-order valence-corrected chi connectivity index (χ4v) is 1.85. The van der Waals surface area contributed by atoms with Crippen molar-refractivity contribution < 1.29 is 14.3 Å². The van der Waals surface area contributed by atoms with E-state index in [-0.39, 0.29) is 24.0 Å². The molecule has 1 N–H and O–H groups in total. The Hall–Kier alpha value is -2.43.